The SMILES string of the molecule is CC#N.CC1CC1. The number of hydrogen-bond donors (Lipinski definition) is 0. The van der Waals surface area contributed by atoms with Gasteiger partial charge in [-0.3, -0.25) is 0 Å². The Kier molecular flexibility index (Phi) is 3.40. The van der Waals surface area contributed by atoms with Crippen molar-refractivity contribution in [2.45, 2.75) is 26.7 Å². The van der Waals surface area contributed by atoms with Crippen LogP contribution >= 0.6 is 0 Å². The van der Waals surface area contributed by atoms with Gasteiger partial charge in [0.2, 0.25) is 0 Å². The average Bonchev–Trinajstić information content (AvgIpc) is 2.25. The second-order valence-corrected chi connectivity index (χ2v) is 1.91. The fourth-order valence-electron chi connectivity index (χ4n) is 0.167. The molecule has 0 aromatic rings. The highest BCUT2D eigenvalue weighted by atomic mass is 14.2. The van der Waals surface area contributed by atoms with Crippen LogP contribution in [-0.4, -0.2) is 0 Å². The van der Waals surface area contributed by atoms with E-state index in [1.165, 1.54) is 19.8 Å². The maximum absolute atomic E-state index is 7.32. The zero-order valence-electron chi connectivity index (χ0n) is 4.94. The van der Waals surface area contributed by atoms with Crippen molar-refractivity contribution < 1.29 is 0 Å². The molecule has 0 spiro atoms. The van der Waals surface area contributed by atoms with Crippen molar-refractivity contribution in [1.82, 2.24) is 0 Å². The molecule has 0 bridgehead atoms. The summed E-state index contributed by atoms with van der Waals surface area (Å²) >= 11 is 0. The average molecular weight is 97.2 g/mol. The molecule has 0 aromatic carbocycles. The van der Waals surface area contributed by atoms with Gasteiger partial charge in [-0.2, -0.15) is 5.26 Å². The van der Waals surface area contributed by atoms with Gasteiger partial charge >= 0.3 is 0 Å². The molecule has 0 aliphatic heterocycles. The fraction of sp³-hybridized carbons (Fsp3) is 0.833. The lowest BCUT2D eigenvalue weighted by molar-refractivity contribution is 0.983. The second kappa shape index (κ2) is 3.67. The molecule has 1 fully saturated rings. The summed E-state index contributed by atoms with van der Waals surface area (Å²) in [6.07, 6.45) is 2.97. The zero-order valence-corrected chi connectivity index (χ0v) is 4.94. The number of nitriles is 1. The summed E-state index contributed by atoms with van der Waals surface area (Å²) in [6, 6.07) is 1.75. The zero-order chi connectivity index (χ0) is 5.70. The second-order valence-electron chi connectivity index (χ2n) is 1.91. The van der Waals surface area contributed by atoms with Gasteiger partial charge in [0.1, 0.15) is 0 Å². The molecular weight excluding hydrogens is 86.1 g/mol. The van der Waals surface area contributed by atoms with Gasteiger partial charge in [0.15, 0.2) is 0 Å². The third-order valence-corrected chi connectivity index (χ3v) is 0.866. The van der Waals surface area contributed by atoms with Crippen molar-refractivity contribution in [3.63, 3.8) is 0 Å². The highest BCUT2D eigenvalue weighted by molar-refractivity contribution is 4.65. The molecule has 0 unspecified atom stereocenters. The van der Waals surface area contributed by atoms with Gasteiger partial charge < -0.3 is 0 Å². The summed E-state index contributed by atoms with van der Waals surface area (Å²) in [4.78, 5) is 0. The van der Waals surface area contributed by atoms with Crippen LogP contribution in [0.4, 0.5) is 0 Å². The van der Waals surface area contributed by atoms with Crippen LogP contribution in [-0.2, 0) is 0 Å². The summed E-state index contributed by atoms with van der Waals surface area (Å²) in [6.45, 7) is 3.71. The highest BCUT2D eigenvalue weighted by Gasteiger charge is 2.12. The Hall–Kier alpha value is -0.510. The molecule has 0 saturated heterocycles. The maximum Gasteiger partial charge on any atom is 0.0587 e. The first kappa shape index (κ1) is 6.49. The molecule has 1 aliphatic carbocycles. The minimum absolute atomic E-state index is 1.08. The molecule has 0 heterocycles. The van der Waals surface area contributed by atoms with Crippen molar-refractivity contribution in [3.05, 3.63) is 0 Å². The molecule has 7 heavy (non-hydrogen) atoms. The lowest BCUT2D eigenvalue weighted by atomic mass is 10.5. The van der Waals surface area contributed by atoms with Crippen molar-refractivity contribution in [2.75, 3.05) is 0 Å². The first-order valence-corrected chi connectivity index (χ1v) is 2.62. The molecule has 0 aromatic heterocycles. The van der Waals surface area contributed by atoms with Crippen LogP contribution < -0.4 is 0 Å². The molecule has 1 saturated carbocycles. The van der Waals surface area contributed by atoms with E-state index in [9.17, 15) is 0 Å². The van der Waals surface area contributed by atoms with Crippen LogP contribution in [0.15, 0.2) is 0 Å². The predicted octanol–water partition coefficient (Wildman–Crippen LogP) is 1.95. The molecule has 0 amide bonds. The summed E-state index contributed by atoms with van der Waals surface area (Å²) in [7, 11) is 0. The number of hydrogen-bond acceptors (Lipinski definition) is 1. The van der Waals surface area contributed by atoms with Gasteiger partial charge in [-0.05, 0) is 5.92 Å². The van der Waals surface area contributed by atoms with Gasteiger partial charge in [-0.1, -0.05) is 19.8 Å². The Balaban J connectivity index is 0.000000110. The molecular formula is C6H11N. The van der Waals surface area contributed by atoms with Crippen LogP contribution in [0.2, 0.25) is 0 Å². The van der Waals surface area contributed by atoms with Crippen molar-refractivity contribution >= 4 is 0 Å². The maximum atomic E-state index is 7.32. The van der Waals surface area contributed by atoms with E-state index in [0.717, 1.165) is 5.92 Å². The molecule has 1 rings (SSSR count). The van der Waals surface area contributed by atoms with Crippen LogP contribution in [0.1, 0.15) is 26.7 Å². The largest absolute Gasteiger partial charge is 0.199 e. The number of rotatable bonds is 0. The Morgan fingerprint density at radius 2 is 1.71 bits per heavy atom. The molecule has 1 heteroatoms. The summed E-state index contributed by atoms with van der Waals surface area (Å²) < 4.78 is 0. The van der Waals surface area contributed by atoms with Crippen molar-refractivity contribution in [3.8, 4) is 6.07 Å². The molecule has 0 N–H and O–H groups in total. The van der Waals surface area contributed by atoms with Gasteiger partial charge in [-0.15, -0.1) is 0 Å². The number of nitrogens with zero attached hydrogens (tertiary/aromatic N) is 1. The van der Waals surface area contributed by atoms with E-state index >= 15 is 0 Å². The highest BCUT2D eigenvalue weighted by Crippen LogP contribution is 2.26. The van der Waals surface area contributed by atoms with Gasteiger partial charge in [0.05, 0.1) is 6.07 Å². The van der Waals surface area contributed by atoms with Crippen LogP contribution in [0.5, 0.6) is 0 Å². The van der Waals surface area contributed by atoms with Gasteiger partial charge in [0, 0.05) is 6.92 Å². The Morgan fingerprint density at radius 1 is 1.57 bits per heavy atom. The first-order valence-electron chi connectivity index (χ1n) is 2.62. The first-order chi connectivity index (χ1) is 3.31. The predicted molar refractivity (Wildman–Crippen MR) is 29.7 cm³/mol. The van der Waals surface area contributed by atoms with E-state index in [1.807, 2.05) is 0 Å². The van der Waals surface area contributed by atoms with Crippen LogP contribution in [0.25, 0.3) is 0 Å². The summed E-state index contributed by atoms with van der Waals surface area (Å²) in [5.41, 5.74) is 0. The Bertz CT molecular complexity index is 66.7. The minimum atomic E-state index is 1.08. The van der Waals surface area contributed by atoms with Crippen molar-refractivity contribution in [1.29, 1.82) is 5.26 Å². The lowest BCUT2D eigenvalue weighted by Gasteiger charge is -1.53. The molecule has 1 nitrogen and oxygen atoms in total. The Labute approximate surface area is 45.0 Å². The third kappa shape index (κ3) is 10.8. The van der Waals surface area contributed by atoms with E-state index in [1.54, 1.807) is 6.07 Å². The topological polar surface area (TPSA) is 23.8 Å². The minimum Gasteiger partial charge on any atom is -0.199 e. The molecule has 40 valence electrons. The monoisotopic (exact) mass is 97.1 g/mol. The standard InChI is InChI=1S/C4H8.C2H3N/c1-4-2-3-4;1-2-3/h4H,2-3H2,1H3;1H3. The van der Waals surface area contributed by atoms with E-state index in [0.29, 0.717) is 0 Å². The fourth-order valence-corrected chi connectivity index (χ4v) is 0.167. The van der Waals surface area contributed by atoms with Gasteiger partial charge in [-0.25, -0.2) is 0 Å². The van der Waals surface area contributed by atoms with E-state index < -0.39 is 0 Å². The summed E-state index contributed by atoms with van der Waals surface area (Å²) in [5.74, 6) is 1.08. The third-order valence-electron chi connectivity index (χ3n) is 0.866. The summed E-state index contributed by atoms with van der Waals surface area (Å²) in [5, 5.41) is 7.32. The molecule has 0 radical (unpaired) electrons. The van der Waals surface area contributed by atoms with Crippen LogP contribution in [0, 0.1) is 17.2 Å². The Morgan fingerprint density at radius 3 is 1.71 bits per heavy atom. The quantitative estimate of drug-likeness (QED) is 0.453. The smallest absolute Gasteiger partial charge is 0.0587 e. The van der Waals surface area contributed by atoms with Crippen molar-refractivity contribution in [2.24, 2.45) is 5.92 Å². The van der Waals surface area contributed by atoms with Crippen LogP contribution in [0.3, 0.4) is 0 Å². The molecule has 1 aliphatic rings. The molecule has 0 atom stereocenters. The van der Waals surface area contributed by atoms with Gasteiger partial charge in [0.25, 0.3) is 0 Å². The lowest BCUT2D eigenvalue weighted by Crippen LogP contribution is -1.42. The van der Waals surface area contributed by atoms with E-state index in [2.05, 4.69) is 6.92 Å². The normalized spacial score (nSPS) is 16.1. The van der Waals surface area contributed by atoms with E-state index in [-0.39, 0.29) is 0 Å². The van der Waals surface area contributed by atoms with E-state index in [4.69, 9.17) is 5.26 Å².